The maximum atomic E-state index is 13.7. The molecule has 158 valence electrons. The number of aromatic nitrogens is 2. The zero-order valence-corrected chi connectivity index (χ0v) is 17.1. The fraction of sp³-hybridized carbons (Fsp3) is 0.263. The first kappa shape index (κ1) is 20.5. The lowest BCUT2D eigenvalue weighted by Crippen LogP contribution is -2.36. The Morgan fingerprint density at radius 3 is 2.87 bits per heavy atom. The molecule has 0 radical (unpaired) electrons. The van der Waals surface area contributed by atoms with Gasteiger partial charge in [-0.05, 0) is 29.6 Å². The molecule has 30 heavy (non-hydrogen) atoms. The van der Waals surface area contributed by atoms with Crippen LogP contribution in [-0.2, 0) is 0 Å². The van der Waals surface area contributed by atoms with Gasteiger partial charge in [0.05, 0.1) is 25.0 Å². The second kappa shape index (κ2) is 7.84. The van der Waals surface area contributed by atoms with Crippen molar-refractivity contribution < 1.29 is 22.7 Å². The van der Waals surface area contributed by atoms with Crippen LogP contribution >= 0.6 is 22.9 Å². The van der Waals surface area contributed by atoms with Crippen LogP contribution in [0.4, 0.5) is 24.7 Å². The Morgan fingerprint density at radius 2 is 2.20 bits per heavy atom. The predicted molar refractivity (Wildman–Crippen MR) is 109 cm³/mol. The number of benzene rings is 1. The van der Waals surface area contributed by atoms with Crippen LogP contribution in [0, 0.1) is 0 Å². The van der Waals surface area contributed by atoms with Gasteiger partial charge in [-0.2, -0.15) is 18.3 Å². The standard InChI is InChI=1S/C19H16ClF3N4O2S/c1-29-14-5-4-10(20)7-12(14)26-18(28)11-9-24-27-16(19(21,22)23)8-13(25-17(11)27)15-3-2-6-30-15/h2-7,9,13,16,25H,8H2,1H3,(H,26,28). The third kappa shape index (κ3) is 3.84. The number of hydrogen-bond acceptors (Lipinski definition) is 5. The van der Waals surface area contributed by atoms with Gasteiger partial charge in [0.15, 0.2) is 6.04 Å². The summed E-state index contributed by atoms with van der Waals surface area (Å²) in [6, 6.07) is 5.77. The van der Waals surface area contributed by atoms with E-state index in [-0.39, 0.29) is 17.8 Å². The summed E-state index contributed by atoms with van der Waals surface area (Å²) >= 11 is 7.34. The molecule has 2 atom stereocenters. The first-order chi connectivity index (χ1) is 14.3. The molecule has 0 aliphatic carbocycles. The van der Waals surface area contributed by atoms with Gasteiger partial charge in [-0.25, -0.2) is 4.68 Å². The van der Waals surface area contributed by atoms with Crippen molar-refractivity contribution in [2.75, 3.05) is 17.7 Å². The highest BCUT2D eigenvalue weighted by Crippen LogP contribution is 2.45. The number of thiophene rings is 1. The molecular formula is C19H16ClF3N4O2S. The Balaban J connectivity index is 1.69. The minimum Gasteiger partial charge on any atom is -0.495 e. The molecule has 4 rings (SSSR count). The Morgan fingerprint density at radius 1 is 1.40 bits per heavy atom. The Kier molecular flexibility index (Phi) is 5.37. The molecule has 0 spiro atoms. The lowest BCUT2D eigenvalue weighted by atomic mass is 10.0. The van der Waals surface area contributed by atoms with Gasteiger partial charge in [0.1, 0.15) is 17.1 Å². The second-order valence-electron chi connectivity index (χ2n) is 6.66. The van der Waals surface area contributed by atoms with Crippen LogP contribution < -0.4 is 15.4 Å². The molecule has 1 aromatic carbocycles. The van der Waals surface area contributed by atoms with E-state index in [1.54, 1.807) is 29.6 Å². The van der Waals surface area contributed by atoms with Crippen LogP contribution in [0.3, 0.4) is 0 Å². The van der Waals surface area contributed by atoms with Crippen molar-refractivity contribution in [3.05, 3.63) is 57.4 Å². The zero-order chi connectivity index (χ0) is 21.5. The number of amides is 1. The quantitative estimate of drug-likeness (QED) is 0.542. The monoisotopic (exact) mass is 456 g/mol. The summed E-state index contributed by atoms with van der Waals surface area (Å²) in [5.74, 6) is -0.246. The largest absolute Gasteiger partial charge is 0.495 e. The van der Waals surface area contributed by atoms with E-state index in [4.69, 9.17) is 16.3 Å². The molecule has 11 heteroatoms. The summed E-state index contributed by atoms with van der Waals surface area (Å²) in [5, 5.41) is 11.7. The van der Waals surface area contributed by atoms with Gasteiger partial charge in [0.25, 0.3) is 5.91 Å². The molecule has 3 heterocycles. The molecule has 0 saturated heterocycles. The van der Waals surface area contributed by atoms with Crippen LogP contribution in [0.2, 0.25) is 5.02 Å². The zero-order valence-electron chi connectivity index (χ0n) is 15.5. The van der Waals surface area contributed by atoms with E-state index >= 15 is 0 Å². The third-order valence-corrected chi connectivity index (χ3v) is 6.00. The minimum absolute atomic E-state index is 0.00691. The van der Waals surface area contributed by atoms with E-state index in [1.165, 1.54) is 24.5 Å². The fourth-order valence-electron chi connectivity index (χ4n) is 3.37. The normalized spacial score (nSPS) is 18.4. The number of alkyl halides is 3. The summed E-state index contributed by atoms with van der Waals surface area (Å²) in [5.41, 5.74) is 0.292. The topological polar surface area (TPSA) is 68.2 Å². The van der Waals surface area contributed by atoms with E-state index in [0.717, 1.165) is 15.8 Å². The van der Waals surface area contributed by atoms with Crippen molar-refractivity contribution in [3.63, 3.8) is 0 Å². The van der Waals surface area contributed by atoms with Crippen molar-refractivity contribution >= 4 is 40.4 Å². The number of nitrogens with one attached hydrogen (secondary N) is 2. The Labute approximate surface area is 178 Å². The third-order valence-electron chi connectivity index (χ3n) is 4.78. The van der Waals surface area contributed by atoms with Crippen LogP contribution in [0.25, 0.3) is 0 Å². The van der Waals surface area contributed by atoms with E-state index in [0.29, 0.717) is 16.5 Å². The molecule has 0 fully saturated rings. The fourth-order valence-corrected chi connectivity index (χ4v) is 4.34. The maximum Gasteiger partial charge on any atom is 0.410 e. The Bertz CT molecular complexity index is 1070. The van der Waals surface area contributed by atoms with Gasteiger partial charge in [-0.15, -0.1) is 11.3 Å². The number of fused-ring (bicyclic) bond motifs is 1. The smallest absolute Gasteiger partial charge is 0.410 e. The molecule has 0 saturated carbocycles. The lowest BCUT2D eigenvalue weighted by Gasteiger charge is -2.33. The molecule has 1 aliphatic rings. The minimum atomic E-state index is -4.51. The average molecular weight is 457 g/mol. The molecule has 1 amide bonds. The molecule has 2 N–H and O–H groups in total. The van der Waals surface area contributed by atoms with Gasteiger partial charge >= 0.3 is 6.18 Å². The van der Waals surface area contributed by atoms with Crippen molar-refractivity contribution in [2.45, 2.75) is 24.7 Å². The molecule has 3 aromatic rings. The number of halogens is 4. The SMILES string of the molecule is COc1ccc(Cl)cc1NC(=O)c1cnn2c1NC(c1cccs1)CC2C(F)(F)F. The Hall–Kier alpha value is -2.72. The summed E-state index contributed by atoms with van der Waals surface area (Å²) in [6.07, 6.45) is -3.60. The number of carbonyl (C=O) groups is 1. The van der Waals surface area contributed by atoms with Crippen LogP contribution in [-0.4, -0.2) is 29.0 Å². The van der Waals surface area contributed by atoms with Crippen molar-refractivity contribution in [2.24, 2.45) is 0 Å². The molecule has 2 unspecified atom stereocenters. The van der Waals surface area contributed by atoms with Crippen LogP contribution in [0.1, 0.15) is 33.7 Å². The molecule has 0 bridgehead atoms. The first-order valence-corrected chi connectivity index (χ1v) is 10.1. The van der Waals surface area contributed by atoms with Crippen molar-refractivity contribution in [3.8, 4) is 5.75 Å². The second-order valence-corrected chi connectivity index (χ2v) is 8.07. The molecular weight excluding hydrogens is 441 g/mol. The van der Waals surface area contributed by atoms with Gasteiger partial charge in [0, 0.05) is 16.3 Å². The lowest BCUT2D eigenvalue weighted by molar-refractivity contribution is -0.173. The van der Waals surface area contributed by atoms with Crippen molar-refractivity contribution in [1.82, 2.24) is 9.78 Å². The predicted octanol–water partition coefficient (Wildman–Crippen LogP) is 5.52. The highest BCUT2D eigenvalue weighted by Gasteiger charge is 2.47. The van der Waals surface area contributed by atoms with Gasteiger partial charge < -0.3 is 15.4 Å². The molecule has 1 aliphatic heterocycles. The summed E-state index contributed by atoms with van der Waals surface area (Å²) < 4.78 is 47.2. The van der Waals surface area contributed by atoms with E-state index in [9.17, 15) is 18.0 Å². The number of rotatable bonds is 4. The van der Waals surface area contributed by atoms with Crippen LogP contribution in [0.15, 0.2) is 41.9 Å². The number of hydrogen-bond donors (Lipinski definition) is 2. The number of methoxy groups -OCH3 is 1. The van der Waals surface area contributed by atoms with E-state index in [2.05, 4.69) is 15.7 Å². The summed E-state index contributed by atoms with van der Waals surface area (Å²) in [6.45, 7) is 0. The maximum absolute atomic E-state index is 13.7. The number of nitrogens with zero attached hydrogens (tertiary/aromatic N) is 2. The van der Waals surface area contributed by atoms with Gasteiger partial charge in [-0.3, -0.25) is 4.79 Å². The van der Waals surface area contributed by atoms with Gasteiger partial charge in [-0.1, -0.05) is 17.7 Å². The van der Waals surface area contributed by atoms with E-state index < -0.39 is 24.2 Å². The molecule has 2 aromatic heterocycles. The highest BCUT2D eigenvalue weighted by atomic mass is 35.5. The number of anilines is 2. The summed E-state index contributed by atoms with van der Waals surface area (Å²) in [7, 11) is 1.43. The van der Waals surface area contributed by atoms with Crippen molar-refractivity contribution in [1.29, 1.82) is 0 Å². The summed E-state index contributed by atoms with van der Waals surface area (Å²) in [4.78, 5) is 13.6. The van der Waals surface area contributed by atoms with E-state index in [1.807, 2.05) is 0 Å². The average Bonchev–Trinajstić information content (AvgIpc) is 3.36. The van der Waals surface area contributed by atoms with Crippen LogP contribution in [0.5, 0.6) is 5.75 Å². The highest BCUT2D eigenvalue weighted by molar-refractivity contribution is 7.10. The molecule has 6 nitrogen and oxygen atoms in total. The first-order valence-electron chi connectivity index (χ1n) is 8.87. The number of ether oxygens (including phenoxy) is 1. The van der Waals surface area contributed by atoms with Gasteiger partial charge in [0.2, 0.25) is 0 Å². The number of carbonyl (C=O) groups excluding carboxylic acids is 1.